The number of hydrogen-bond donors (Lipinski definition) is 0. The summed E-state index contributed by atoms with van der Waals surface area (Å²) in [5.74, 6) is 1.44. The van der Waals surface area contributed by atoms with Gasteiger partial charge in [-0.25, -0.2) is 0 Å². The Bertz CT molecular complexity index is 406. The van der Waals surface area contributed by atoms with Crippen molar-refractivity contribution >= 4 is 32.8 Å². The van der Waals surface area contributed by atoms with Crippen molar-refractivity contribution in [2.24, 2.45) is 0 Å². The third-order valence-electron chi connectivity index (χ3n) is 2.13. The van der Waals surface area contributed by atoms with Crippen molar-refractivity contribution in [1.82, 2.24) is 0 Å². The average Bonchev–Trinajstić information content (AvgIpc) is 2.60. The number of carbonyl (C=O) groups excluding carboxylic acids is 1. The highest BCUT2D eigenvalue weighted by Crippen LogP contribution is 2.37. The van der Waals surface area contributed by atoms with E-state index in [2.05, 4.69) is 15.9 Å². The van der Waals surface area contributed by atoms with E-state index in [1.807, 2.05) is 12.1 Å². The third-order valence-corrected chi connectivity index (χ3v) is 3.06. The molecule has 3 nitrogen and oxygen atoms in total. The number of rotatable bonds is 3. The first-order valence-corrected chi connectivity index (χ1v) is 5.60. The van der Waals surface area contributed by atoms with E-state index in [4.69, 9.17) is 21.1 Å². The lowest BCUT2D eigenvalue weighted by Gasteiger charge is -2.04. The largest absolute Gasteiger partial charge is 0.454 e. The monoisotopic (exact) mass is 290 g/mol. The fourth-order valence-electron chi connectivity index (χ4n) is 1.38. The molecule has 0 aliphatic carbocycles. The molecule has 0 unspecified atom stereocenters. The van der Waals surface area contributed by atoms with Gasteiger partial charge in [0.2, 0.25) is 12.0 Å². The summed E-state index contributed by atoms with van der Waals surface area (Å²) in [6.07, 6.45) is 0.916. The second-order valence-corrected chi connectivity index (χ2v) is 4.43. The molecule has 0 bridgehead atoms. The maximum Gasteiger partial charge on any atom is 0.231 e. The number of hydrogen-bond acceptors (Lipinski definition) is 3. The Labute approximate surface area is 100 Å². The van der Waals surface area contributed by atoms with E-state index < -0.39 is 0 Å². The minimum Gasteiger partial charge on any atom is -0.454 e. The van der Waals surface area contributed by atoms with Crippen LogP contribution in [0.15, 0.2) is 16.6 Å². The van der Waals surface area contributed by atoms with Gasteiger partial charge < -0.3 is 9.47 Å². The molecule has 80 valence electrons. The summed E-state index contributed by atoms with van der Waals surface area (Å²) in [6, 6.07) is 3.71. The smallest absolute Gasteiger partial charge is 0.231 e. The molecule has 0 spiro atoms. The summed E-state index contributed by atoms with van der Waals surface area (Å²) in [5, 5.41) is -0.334. The van der Waals surface area contributed by atoms with Crippen LogP contribution in [-0.4, -0.2) is 12.0 Å². The van der Waals surface area contributed by atoms with E-state index in [9.17, 15) is 4.79 Å². The fourth-order valence-corrected chi connectivity index (χ4v) is 2.00. The summed E-state index contributed by atoms with van der Waals surface area (Å²) in [5.41, 5.74) is 0.994. The molecule has 2 rings (SSSR count). The molecule has 1 aliphatic heterocycles. The molecule has 0 fully saturated rings. The van der Waals surface area contributed by atoms with Crippen molar-refractivity contribution in [2.75, 3.05) is 6.79 Å². The van der Waals surface area contributed by atoms with E-state index in [0.717, 1.165) is 21.5 Å². The summed E-state index contributed by atoms with van der Waals surface area (Å²) in [6.45, 7) is 0.250. The van der Waals surface area contributed by atoms with Gasteiger partial charge in [0.15, 0.2) is 11.5 Å². The third kappa shape index (κ3) is 2.44. The molecule has 0 amide bonds. The standard InChI is InChI=1S/C10H8BrClO3/c11-7-4-9-8(14-5-15-9)3-6(7)1-2-10(12)13/h3-4H,1-2,5H2. The Morgan fingerprint density at radius 2 is 2.07 bits per heavy atom. The van der Waals surface area contributed by atoms with Crippen LogP contribution in [0.4, 0.5) is 0 Å². The van der Waals surface area contributed by atoms with Crippen LogP contribution in [-0.2, 0) is 11.2 Å². The zero-order valence-corrected chi connectivity index (χ0v) is 10.1. The predicted octanol–water partition coefficient (Wildman–Crippen LogP) is 2.88. The van der Waals surface area contributed by atoms with Gasteiger partial charge in [0, 0.05) is 10.9 Å². The number of benzene rings is 1. The topological polar surface area (TPSA) is 35.5 Å². The average molecular weight is 292 g/mol. The molecular formula is C10H8BrClO3. The molecule has 1 aliphatic rings. The zero-order valence-electron chi connectivity index (χ0n) is 7.76. The second kappa shape index (κ2) is 4.41. The van der Waals surface area contributed by atoms with Gasteiger partial charge in [0.1, 0.15) is 0 Å². The van der Waals surface area contributed by atoms with Crippen molar-refractivity contribution in [2.45, 2.75) is 12.8 Å². The highest BCUT2D eigenvalue weighted by Gasteiger charge is 2.16. The van der Waals surface area contributed by atoms with Crippen LogP contribution in [0.3, 0.4) is 0 Å². The summed E-state index contributed by atoms with van der Waals surface area (Å²) >= 11 is 8.70. The van der Waals surface area contributed by atoms with Gasteiger partial charge in [-0.15, -0.1) is 0 Å². The van der Waals surface area contributed by atoms with E-state index in [-0.39, 0.29) is 12.0 Å². The quantitative estimate of drug-likeness (QED) is 0.803. The van der Waals surface area contributed by atoms with Gasteiger partial charge in [-0.3, -0.25) is 4.79 Å². The summed E-state index contributed by atoms with van der Waals surface area (Å²) in [7, 11) is 0. The Balaban J connectivity index is 2.21. The fraction of sp³-hybridized carbons (Fsp3) is 0.300. The van der Waals surface area contributed by atoms with E-state index in [0.29, 0.717) is 12.8 Å². The minimum atomic E-state index is -0.334. The van der Waals surface area contributed by atoms with Crippen LogP contribution >= 0.6 is 27.5 Å². The van der Waals surface area contributed by atoms with E-state index in [1.165, 1.54) is 0 Å². The number of carbonyl (C=O) groups is 1. The highest BCUT2D eigenvalue weighted by molar-refractivity contribution is 9.10. The number of fused-ring (bicyclic) bond motifs is 1. The van der Waals surface area contributed by atoms with Crippen LogP contribution in [0.2, 0.25) is 0 Å². The molecule has 15 heavy (non-hydrogen) atoms. The first-order chi connectivity index (χ1) is 7.16. The predicted molar refractivity (Wildman–Crippen MR) is 59.4 cm³/mol. The van der Waals surface area contributed by atoms with Gasteiger partial charge in [-0.1, -0.05) is 15.9 Å². The molecule has 5 heteroatoms. The van der Waals surface area contributed by atoms with E-state index >= 15 is 0 Å². The Kier molecular flexibility index (Phi) is 3.17. The first-order valence-electron chi connectivity index (χ1n) is 4.43. The Morgan fingerprint density at radius 3 is 2.73 bits per heavy atom. The molecule has 0 radical (unpaired) electrons. The summed E-state index contributed by atoms with van der Waals surface area (Å²) in [4.78, 5) is 10.7. The van der Waals surface area contributed by atoms with Crippen molar-refractivity contribution in [3.05, 3.63) is 22.2 Å². The Hall–Kier alpha value is -0.740. The molecule has 1 heterocycles. The van der Waals surface area contributed by atoms with Crippen molar-refractivity contribution < 1.29 is 14.3 Å². The van der Waals surface area contributed by atoms with Gasteiger partial charge in [0.25, 0.3) is 0 Å². The Morgan fingerprint density at radius 1 is 1.40 bits per heavy atom. The lowest BCUT2D eigenvalue weighted by molar-refractivity contribution is -0.111. The van der Waals surface area contributed by atoms with Gasteiger partial charge in [0.05, 0.1) is 0 Å². The number of aryl methyl sites for hydroxylation is 1. The highest BCUT2D eigenvalue weighted by atomic mass is 79.9. The molecule has 0 aromatic heterocycles. The van der Waals surface area contributed by atoms with Gasteiger partial charge in [-0.2, -0.15) is 0 Å². The molecule has 0 atom stereocenters. The maximum atomic E-state index is 10.7. The first kappa shape index (κ1) is 10.8. The maximum absolute atomic E-state index is 10.7. The molecule has 1 aromatic rings. The van der Waals surface area contributed by atoms with E-state index in [1.54, 1.807) is 0 Å². The lowest BCUT2D eigenvalue weighted by atomic mass is 10.1. The molecule has 0 N–H and O–H groups in total. The molecule has 0 saturated carbocycles. The molecule has 1 aromatic carbocycles. The zero-order chi connectivity index (χ0) is 10.8. The van der Waals surface area contributed by atoms with Crippen LogP contribution in [0.1, 0.15) is 12.0 Å². The van der Waals surface area contributed by atoms with Crippen LogP contribution in [0, 0.1) is 0 Å². The SMILES string of the molecule is O=C(Cl)CCc1cc2c(cc1Br)OCO2. The minimum absolute atomic E-state index is 0.250. The van der Waals surface area contributed by atoms with Crippen molar-refractivity contribution in [3.63, 3.8) is 0 Å². The lowest BCUT2D eigenvalue weighted by Crippen LogP contribution is -1.93. The van der Waals surface area contributed by atoms with Gasteiger partial charge >= 0.3 is 0 Å². The number of ether oxygens (including phenoxy) is 2. The van der Waals surface area contributed by atoms with Gasteiger partial charge in [-0.05, 0) is 35.7 Å². The van der Waals surface area contributed by atoms with Crippen LogP contribution in [0.5, 0.6) is 11.5 Å². The number of halogens is 2. The van der Waals surface area contributed by atoms with Crippen LogP contribution < -0.4 is 9.47 Å². The second-order valence-electron chi connectivity index (χ2n) is 3.15. The molecular weight excluding hydrogens is 283 g/mol. The normalized spacial score (nSPS) is 12.9. The van der Waals surface area contributed by atoms with Crippen molar-refractivity contribution in [3.8, 4) is 11.5 Å². The summed E-state index contributed by atoms with van der Waals surface area (Å²) < 4.78 is 11.4. The molecule has 0 saturated heterocycles. The van der Waals surface area contributed by atoms with Crippen molar-refractivity contribution in [1.29, 1.82) is 0 Å². The van der Waals surface area contributed by atoms with Crippen LogP contribution in [0.25, 0.3) is 0 Å².